The van der Waals surface area contributed by atoms with E-state index in [-0.39, 0.29) is 30.2 Å². The lowest BCUT2D eigenvalue weighted by molar-refractivity contribution is -0.0226. The quantitative estimate of drug-likeness (QED) is 0.510. The molecule has 1 unspecified atom stereocenters. The summed E-state index contributed by atoms with van der Waals surface area (Å²) in [5.41, 5.74) is 0.929. The number of benzene rings is 1. The molecule has 3 atom stereocenters. The number of carbonyl (C=O) groups excluding carboxylic acids is 2. The summed E-state index contributed by atoms with van der Waals surface area (Å²) < 4.78 is 17.2. The van der Waals surface area contributed by atoms with Crippen molar-refractivity contribution in [3.05, 3.63) is 40.6 Å². The normalized spacial score (nSPS) is 24.6. The molecule has 1 saturated carbocycles. The molecule has 1 aromatic carbocycles. The van der Waals surface area contributed by atoms with Gasteiger partial charge < -0.3 is 18.9 Å². The van der Waals surface area contributed by atoms with E-state index in [1.54, 1.807) is 6.07 Å². The minimum Gasteiger partial charge on any atom is -0.458 e. The molecule has 8 heteroatoms. The van der Waals surface area contributed by atoms with Crippen LogP contribution in [0.15, 0.2) is 28.8 Å². The SMILES string of the molecule is CC(C)(C)OC(=O)N1[C@@H]2CC[C@H]1CC(OC(=O)c1c(-c3ccccc3Cl)noc1C1CC1)C2. The van der Waals surface area contributed by atoms with Gasteiger partial charge in [-0.15, -0.1) is 0 Å². The zero-order valence-electron chi connectivity index (χ0n) is 19.2. The minimum absolute atomic E-state index is 0.0183. The summed E-state index contributed by atoms with van der Waals surface area (Å²) in [7, 11) is 0. The molecule has 2 bridgehead atoms. The number of hydrogen-bond donors (Lipinski definition) is 0. The molecule has 0 N–H and O–H groups in total. The van der Waals surface area contributed by atoms with Gasteiger partial charge >= 0.3 is 12.1 Å². The van der Waals surface area contributed by atoms with Crippen molar-refractivity contribution in [1.29, 1.82) is 0 Å². The highest BCUT2D eigenvalue weighted by atomic mass is 35.5. The Hall–Kier alpha value is -2.54. The molecule has 176 valence electrons. The van der Waals surface area contributed by atoms with Crippen LogP contribution in [-0.4, -0.2) is 45.9 Å². The van der Waals surface area contributed by atoms with Crippen molar-refractivity contribution in [2.75, 3.05) is 0 Å². The van der Waals surface area contributed by atoms with Crippen LogP contribution in [0.25, 0.3) is 11.3 Å². The van der Waals surface area contributed by atoms with Gasteiger partial charge in [0, 0.05) is 36.4 Å². The smallest absolute Gasteiger partial charge is 0.410 e. The maximum atomic E-state index is 13.4. The molecule has 7 nitrogen and oxygen atoms in total. The van der Waals surface area contributed by atoms with E-state index in [0.29, 0.717) is 40.4 Å². The molecule has 1 amide bonds. The van der Waals surface area contributed by atoms with Gasteiger partial charge in [0.2, 0.25) is 0 Å². The molecule has 5 rings (SSSR count). The molecule has 3 heterocycles. The van der Waals surface area contributed by atoms with Crippen molar-refractivity contribution in [2.45, 2.75) is 89.0 Å². The fraction of sp³-hybridized carbons (Fsp3) is 0.560. The number of carbonyl (C=O) groups is 2. The van der Waals surface area contributed by atoms with E-state index in [4.69, 9.17) is 25.6 Å². The molecule has 0 spiro atoms. The van der Waals surface area contributed by atoms with Gasteiger partial charge in [-0.1, -0.05) is 35.0 Å². The second kappa shape index (κ2) is 8.35. The second-order valence-electron chi connectivity index (χ2n) is 10.3. The van der Waals surface area contributed by atoms with Gasteiger partial charge in [-0.25, -0.2) is 9.59 Å². The number of esters is 1. The molecule has 3 fully saturated rings. The van der Waals surface area contributed by atoms with Crippen LogP contribution in [0.3, 0.4) is 0 Å². The number of hydrogen-bond acceptors (Lipinski definition) is 6. The fourth-order valence-electron chi connectivity index (χ4n) is 5.01. The van der Waals surface area contributed by atoms with E-state index >= 15 is 0 Å². The van der Waals surface area contributed by atoms with Crippen molar-refractivity contribution in [3.8, 4) is 11.3 Å². The van der Waals surface area contributed by atoms with Crippen LogP contribution >= 0.6 is 11.6 Å². The molecule has 2 saturated heterocycles. The Bertz CT molecular complexity index is 1060. The Kier molecular flexibility index (Phi) is 5.63. The van der Waals surface area contributed by atoms with Gasteiger partial charge in [-0.2, -0.15) is 0 Å². The summed E-state index contributed by atoms with van der Waals surface area (Å²) >= 11 is 6.39. The number of halogens is 1. The third-order valence-corrected chi connectivity index (χ3v) is 6.90. The van der Waals surface area contributed by atoms with Crippen LogP contribution < -0.4 is 0 Å². The van der Waals surface area contributed by atoms with Crippen LogP contribution in [0.1, 0.15) is 81.3 Å². The molecule has 0 radical (unpaired) electrons. The number of aromatic nitrogens is 1. The molecular weight excluding hydrogens is 444 g/mol. The summed E-state index contributed by atoms with van der Waals surface area (Å²) in [5, 5.41) is 4.71. The van der Waals surface area contributed by atoms with E-state index < -0.39 is 11.6 Å². The average Bonchev–Trinajstić information content (AvgIpc) is 3.42. The minimum atomic E-state index is -0.539. The van der Waals surface area contributed by atoms with Gasteiger partial charge in [0.1, 0.15) is 23.0 Å². The summed E-state index contributed by atoms with van der Waals surface area (Å²) in [6, 6.07) is 7.32. The van der Waals surface area contributed by atoms with E-state index in [2.05, 4.69) is 5.16 Å². The standard InChI is InChI=1S/C25H29ClN2O5/c1-25(2,3)32-24(30)28-15-10-11-16(28)13-17(12-15)31-23(29)20-21(18-6-4-5-7-19(18)26)27-33-22(20)14-8-9-14/h4-7,14-17H,8-13H2,1-3H3/t15-,16+,17?. The lowest BCUT2D eigenvalue weighted by Gasteiger charge is -2.39. The van der Waals surface area contributed by atoms with Gasteiger partial charge in [0.25, 0.3) is 0 Å². The second-order valence-corrected chi connectivity index (χ2v) is 10.7. The first-order chi connectivity index (χ1) is 15.7. The van der Waals surface area contributed by atoms with Crippen LogP contribution in [0.5, 0.6) is 0 Å². The summed E-state index contributed by atoms with van der Waals surface area (Å²) in [5.74, 6) is 0.355. The Balaban J connectivity index is 1.34. The Labute approximate surface area is 198 Å². The third kappa shape index (κ3) is 4.47. The molecule has 33 heavy (non-hydrogen) atoms. The van der Waals surface area contributed by atoms with Crippen LogP contribution in [0, 0.1) is 0 Å². The number of rotatable bonds is 4. The van der Waals surface area contributed by atoms with Crippen molar-refractivity contribution in [2.24, 2.45) is 0 Å². The number of amides is 1. The van der Waals surface area contributed by atoms with Crippen molar-refractivity contribution >= 4 is 23.7 Å². The van der Waals surface area contributed by atoms with Gasteiger partial charge in [-0.05, 0) is 52.5 Å². The van der Waals surface area contributed by atoms with E-state index in [1.807, 2.05) is 43.9 Å². The zero-order valence-corrected chi connectivity index (χ0v) is 19.9. The summed E-state index contributed by atoms with van der Waals surface area (Å²) in [6.07, 6.45) is 4.38. The topological polar surface area (TPSA) is 81.9 Å². The lowest BCUT2D eigenvalue weighted by atomic mass is 9.99. The van der Waals surface area contributed by atoms with Crippen LogP contribution in [0.4, 0.5) is 4.79 Å². The van der Waals surface area contributed by atoms with Crippen molar-refractivity contribution in [1.82, 2.24) is 10.1 Å². The maximum Gasteiger partial charge on any atom is 0.410 e. The van der Waals surface area contributed by atoms with E-state index in [9.17, 15) is 9.59 Å². The predicted octanol–water partition coefficient (Wildman–Crippen LogP) is 5.96. The Morgan fingerprint density at radius 2 is 1.76 bits per heavy atom. The van der Waals surface area contributed by atoms with E-state index in [1.165, 1.54) is 0 Å². The van der Waals surface area contributed by atoms with Gasteiger partial charge in [0.15, 0.2) is 5.76 Å². The Morgan fingerprint density at radius 1 is 1.09 bits per heavy atom. The molecule has 2 aromatic rings. The van der Waals surface area contributed by atoms with Gasteiger partial charge in [0.05, 0.1) is 5.02 Å². The lowest BCUT2D eigenvalue weighted by Crippen LogP contribution is -2.50. The predicted molar refractivity (Wildman–Crippen MR) is 122 cm³/mol. The van der Waals surface area contributed by atoms with E-state index in [0.717, 1.165) is 25.7 Å². The number of nitrogens with zero attached hydrogens (tertiary/aromatic N) is 2. The first kappa shape index (κ1) is 22.3. The molecule has 1 aliphatic carbocycles. The van der Waals surface area contributed by atoms with Crippen molar-refractivity contribution < 1.29 is 23.6 Å². The highest BCUT2D eigenvalue weighted by Gasteiger charge is 2.46. The highest BCUT2D eigenvalue weighted by Crippen LogP contribution is 2.45. The fourth-order valence-corrected chi connectivity index (χ4v) is 5.23. The number of ether oxygens (including phenoxy) is 2. The first-order valence-electron chi connectivity index (χ1n) is 11.7. The van der Waals surface area contributed by atoms with Crippen LogP contribution in [-0.2, 0) is 9.47 Å². The third-order valence-electron chi connectivity index (χ3n) is 6.57. The van der Waals surface area contributed by atoms with Crippen molar-refractivity contribution in [3.63, 3.8) is 0 Å². The molecule has 1 aromatic heterocycles. The average molecular weight is 473 g/mol. The maximum absolute atomic E-state index is 13.4. The Morgan fingerprint density at radius 3 is 2.36 bits per heavy atom. The number of fused-ring (bicyclic) bond motifs is 2. The molecule has 2 aliphatic heterocycles. The largest absolute Gasteiger partial charge is 0.458 e. The number of piperidine rings is 1. The van der Waals surface area contributed by atoms with Gasteiger partial charge in [-0.3, -0.25) is 0 Å². The van der Waals surface area contributed by atoms with Crippen LogP contribution in [0.2, 0.25) is 5.02 Å². The zero-order chi connectivity index (χ0) is 23.3. The molecular formula is C25H29ClN2O5. The molecule has 3 aliphatic rings. The highest BCUT2D eigenvalue weighted by molar-refractivity contribution is 6.33. The summed E-state index contributed by atoms with van der Waals surface area (Å²) in [6.45, 7) is 5.61. The monoisotopic (exact) mass is 472 g/mol. The summed E-state index contributed by atoms with van der Waals surface area (Å²) in [4.78, 5) is 28.0. The first-order valence-corrected chi connectivity index (χ1v) is 12.1.